The van der Waals surface area contributed by atoms with E-state index >= 15 is 0 Å². The second kappa shape index (κ2) is 8.74. The molecule has 28 heavy (non-hydrogen) atoms. The number of benzene rings is 2. The molecule has 6 heteroatoms. The fourth-order valence-corrected chi connectivity index (χ4v) is 3.31. The van der Waals surface area contributed by atoms with Gasteiger partial charge in [0.15, 0.2) is 0 Å². The summed E-state index contributed by atoms with van der Waals surface area (Å²) in [6, 6.07) is 16.2. The molecule has 1 amide bonds. The molecule has 0 aliphatic carbocycles. The van der Waals surface area contributed by atoms with Gasteiger partial charge in [0.25, 0.3) is 0 Å². The zero-order valence-corrected chi connectivity index (χ0v) is 17.5. The molecule has 1 aliphatic rings. The molecule has 0 spiro atoms. The molecule has 2 aromatic carbocycles. The van der Waals surface area contributed by atoms with Gasteiger partial charge in [0, 0.05) is 49.1 Å². The van der Waals surface area contributed by atoms with E-state index in [-0.39, 0.29) is 6.09 Å². The minimum atomic E-state index is -0.457. The Bertz CT molecular complexity index is 794. The van der Waals surface area contributed by atoms with Crippen molar-refractivity contribution >= 4 is 29.1 Å². The fraction of sp³-hybridized carbons (Fsp3) is 0.409. The highest BCUT2D eigenvalue weighted by Crippen LogP contribution is 2.22. The lowest BCUT2D eigenvalue weighted by Gasteiger charge is -2.36. The highest BCUT2D eigenvalue weighted by molar-refractivity contribution is 6.31. The van der Waals surface area contributed by atoms with Crippen LogP contribution in [0.3, 0.4) is 0 Å². The van der Waals surface area contributed by atoms with Crippen molar-refractivity contribution in [1.82, 2.24) is 4.90 Å². The molecule has 0 atom stereocenters. The summed E-state index contributed by atoms with van der Waals surface area (Å²) in [4.78, 5) is 16.3. The Morgan fingerprint density at radius 3 is 2.29 bits per heavy atom. The number of halogens is 1. The van der Waals surface area contributed by atoms with Crippen molar-refractivity contribution < 1.29 is 9.53 Å². The third kappa shape index (κ3) is 5.55. The topological polar surface area (TPSA) is 44.8 Å². The maximum absolute atomic E-state index is 12.2. The smallest absolute Gasteiger partial charge is 0.410 e. The molecule has 0 saturated carbocycles. The summed E-state index contributed by atoms with van der Waals surface area (Å²) >= 11 is 6.20. The van der Waals surface area contributed by atoms with E-state index in [0.29, 0.717) is 19.6 Å². The third-order valence-electron chi connectivity index (χ3n) is 4.60. The Balaban J connectivity index is 1.51. The van der Waals surface area contributed by atoms with Gasteiger partial charge in [-0.2, -0.15) is 0 Å². The van der Waals surface area contributed by atoms with Gasteiger partial charge in [0.05, 0.1) is 0 Å². The van der Waals surface area contributed by atoms with Crippen LogP contribution in [0.5, 0.6) is 0 Å². The average Bonchev–Trinajstić information content (AvgIpc) is 2.67. The Labute approximate surface area is 172 Å². The molecule has 1 fully saturated rings. The number of ether oxygens (including phenoxy) is 1. The molecule has 3 rings (SSSR count). The average molecular weight is 402 g/mol. The summed E-state index contributed by atoms with van der Waals surface area (Å²) in [6.45, 7) is 9.29. The predicted octanol–water partition coefficient (Wildman–Crippen LogP) is 5.01. The van der Waals surface area contributed by atoms with Crippen LogP contribution in [-0.2, 0) is 11.3 Å². The highest BCUT2D eigenvalue weighted by Gasteiger charge is 2.25. The maximum Gasteiger partial charge on any atom is 0.410 e. The molecule has 0 bridgehead atoms. The number of nitrogens with one attached hydrogen (secondary N) is 1. The summed E-state index contributed by atoms with van der Waals surface area (Å²) in [5, 5.41) is 4.18. The summed E-state index contributed by atoms with van der Waals surface area (Å²) in [7, 11) is 0. The van der Waals surface area contributed by atoms with Crippen LogP contribution in [0.2, 0.25) is 5.02 Å². The number of hydrogen-bond donors (Lipinski definition) is 1. The second-order valence-corrected chi connectivity index (χ2v) is 8.35. The van der Waals surface area contributed by atoms with Crippen LogP contribution in [0.15, 0.2) is 48.5 Å². The zero-order valence-electron chi connectivity index (χ0n) is 16.7. The van der Waals surface area contributed by atoms with Crippen LogP contribution in [0.4, 0.5) is 16.2 Å². The van der Waals surface area contributed by atoms with Gasteiger partial charge in [-0.05, 0) is 56.7 Å². The van der Waals surface area contributed by atoms with Gasteiger partial charge in [-0.3, -0.25) is 0 Å². The van der Waals surface area contributed by atoms with Crippen LogP contribution >= 0.6 is 11.6 Å². The molecule has 150 valence electrons. The second-order valence-electron chi connectivity index (χ2n) is 7.95. The van der Waals surface area contributed by atoms with Gasteiger partial charge in [-0.25, -0.2) is 4.79 Å². The molecule has 0 unspecified atom stereocenters. The van der Waals surface area contributed by atoms with E-state index in [1.54, 1.807) is 4.90 Å². The van der Waals surface area contributed by atoms with E-state index in [4.69, 9.17) is 16.3 Å². The lowest BCUT2D eigenvalue weighted by atomic mass is 10.2. The molecule has 1 heterocycles. The van der Waals surface area contributed by atoms with Crippen molar-refractivity contribution in [3.63, 3.8) is 0 Å². The zero-order chi connectivity index (χ0) is 20.1. The molecule has 1 N–H and O–H groups in total. The van der Waals surface area contributed by atoms with Crippen molar-refractivity contribution in [3.8, 4) is 0 Å². The molecule has 0 radical (unpaired) electrons. The molecule has 0 aromatic heterocycles. The van der Waals surface area contributed by atoms with E-state index in [1.165, 1.54) is 0 Å². The number of nitrogens with zero attached hydrogens (tertiary/aromatic N) is 2. The van der Waals surface area contributed by atoms with Gasteiger partial charge >= 0.3 is 6.09 Å². The molecule has 2 aromatic rings. The van der Waals surface area contributed by atoms with Gasteiger partial charge < -0.3 is 19.9 Å². The van der Waals surface area contributed by atoms with E-state index < -0.39 is 5.60 Å². The lowest BCUT2D eigenvalue weighted by Crippen LogP contribution is -2.50. The van der Waals surface area contributed by atoms with Crippen LogP contribution in [-0.4, -0.2) is 42.8 Å². The van der Waals surface area contributed by atoms with Crippen molar-refractivity contribution in [1.29, 1.82) is 0 Å². The summed E-state index contributed by atoms with van der Waals surface area (Å²) in [5.74, 6) is 0. The minimum absolute atomic E-state index is 0.230. The summed E-state index contributed by atoms with van der Waals surface area (Å²) < 4.78 is 5.46. The normalized spacial score (nSPS) is 14.7. The quantitative estimate of drug-likeness (QED) is 0.782. The Kier molecular flexibility index (Phi) is 6.35. The molecule has 1 saturated heterocycles. The number of anilines is 2. The number of hydrogen-bond acceptors (Lipinski definition) is 4. The van der Waals surface area contributed by atoms with E-state index in [9.17, 15) is 4.79 Å². The number of carbonyl (C=O) groups is 1. The molecule has 5 nitrogen and oxygen atoms in total. The maximum atomic E-state index is 12.2. The van der Waals surface area contributed by atoms with Crippen molar-refractivity contribution in [2.75, 3.05) is 36.4 Å². The molecule has 1 aliphatic heterocycles. The number of amides is 1. The number of piperazine rings is 1. The number of carbonyl (C=O) groups excluding carboxylic acids is 1. The Morgan fingerprint density at radius 2 is 1.68 bits per heavy atom. The first-order valence-electron chi connectivity index (χ1n) is 9.62. The Hall–Kier alpha value is -2.40. The largest absolute Gasteiger partial charge is 0.444 e. The monoisotopic (exact) mass is 401 g/mol. The summed E-state index contributed by atoms with van der Waals surface area (Å²) in [6.07, 6.45) is -0.230. The number of rotatable bonds is 4. The Morgan fingerprint density at radius 1 is 1.04 bits per heavy atom. The van der Waals surface area contributed by atoms with Crippen molar-refractivity contribution in [2.45, 2.75) is 32.9 Å². The fourth-order valence-electron chi connectivity index (χ4n) is 3.10. The minimum Gasteiger partial charge on any atom is -0.444 e. The third-order valence-corrected chi connectivity index (χ3v) is 4.97. The first kappa shape index (κ1) is 20.3. The van der Waals surface area contributed by atoms with Gasteiger partial charge in [0.2, 0.25) is 0 Å². The SMILES string of the molecule is CC(C)(C)OC(=O)N1CCN(c2ccc(NCc3ccccc3Cl)cc2)CC1. The predicted molar refractivity (Wildman–Crippen MR) is 115 cm³/mol. The van der Waals surface area contributed by atoms with Crippen LogP contribution < -0.4 is 10.2 Å². The molecular weight excluding hydrogens is 374 g/mol. The van der Waals surface area contributed by atoms with Gasteiger partial charge in [-0.15, -0.1) is 0 Å². The summed E-state index contributed by atoms with van der Waals surface area (Å²) in [5.41, 5.74) is 2.83. The molecular formula is C22H28ClN3O2. The van der Waals surface area contributed by atoms with Crippen molar-refractivity contribution in [3.05, 3.63) is 59.1 Å². The van der Waals surface area contributed by atoms with Gasteiger partial charge in [-0.1, -0.05) is 29.8 Å². The van der Waals surface area contributed by atoms with E-state index in [0.717, 1.165) is 35.1 Å². The first-order chi connectivity index (χ1) is 13.3. The standard InChI is InChI=1S/C22H28ClN3O2/c1-22(2,3)28-21(27)26-14-12-25(13-15-26)19-10-8-18(9-11-19)24-16-17-6-4-5-7-20(17)23/h4-11,24H,12-16H2,1-3H3. The van der Waals surface area contributed by atoms with Crippen molar-refractivity contribution in [2.24, 2.45) is 0 Å². The van der Waals surface area contributed by atoms with Crippen LogP contribution in [0, 0.1) is 0 Å². The van der Waals surface area contributed by atoms with E-state index in [2.05, 4.69) is 34.5 Å². The first-order valence-corrected chi connectivity index (χ1v) is 10.00. The van der Waals surface area contributed by atoms with Gasteiger partial charge in [0.1, 0.15) is 5.60 Å². The van der Waals surface area contributed by atoms with Crippen LogP contribution in [0.1, 0.15) is 26.3 Å². The van der Waals surface area contributed by atoms with Crippen LogP contribution in [0.25, 0.3) is 0 Å². The highest BCUT2D eigenvalue weighted by atomic mass is 35.5. The van der Waals surface area contributed by atoms with E-state index in [1.807, 2.05) is 45.0 Å². The lowest BCUT2D eigenvalue weighted by molar-refractivity contribution is 0.0240.